The first-order valence-electron chi connectivity index (χ1n) is 8.29. The molecule has 1 saturated heterocycles. The van der Waals surface area contributed by atoms with Gasteiger partial charge in [-0.1, -0.05) is 30.0 Å². The maximum Gasteiger partial charge on any atom is 0.240 e. The predicted molar refractivity (Wildman–Crippen MR) is 104 cm³/mol. The summed E-state index contributed by atoms with van der Waals surface area (Å²) in [6, 6.07) is 16.6. The van der Waals surface area contributed by atoms with Crippen LogP contribution >= 0.6 is 11.8 Å². The third kappa shape index (κ3) is 4.86. The van der Waals surface area contributed by atoms with Crippen molar-refractivity contribution in [2.75, 3.05) is 11.9 Å². The third-order valence-corrected chi connectivity index (χ3v) is 4.69. The van der Waals surface area contributed by atoms with Gasteiger partial charge in [-0.25, -0.2) is 0 Å². The molecule has 0 bridgehead atoms. The molecule has 1 heterocycles. The highest BCUT2D eigenvalue weighted by atomic mass is 32.2. The number of amidine groups is 1. The lowest BCUT2D eigenvalue weighted by molar-refractivity contribution is -0.122. The monoisotopic (exact) mass is 369 g/mol. The standard InChI is InChI=1S/C19H19N3O3S/c1-2-20-19-22-18(24)16(26-19)12-17(23)21-13-8-10-15(11-9-13)25-14-6-4-3-5-7-14/h3-11,16H,2,12H2,1H3,(H,21,23)(H,20,22,24)/t16-/m0/s1. The van der Waals surface area contributed by atoms with Gasteiger partial charge in [-0.15, -0.1) is 0 Å². The summed E-state index contributed by atoms with van der Waals surface area (Å²) in [5, 5.41) is 5.62. The van der Waals surface area contributed by atoms with Crippen LogP contribution in [0.15, 0.2) is 59.6 Å². The van der Waals surface area contributed by atoms with Gasteiger partial charge in [-0.05, 0) is 43.3 Å². The van der Waals surface area contributed by atoms with Crippen LogP contribution in [0.25, 0.3) is 0 Å². The molecule has 134 valence electrons. The van der Waals surface area contributed by atoms with E-state index in [1.807, 2.05) is 37.3 Å². The normalized spacial score (nSPS) is 17.8. The lowest BCUT2D eigenvalue weighted by Gasteiger charge is -2.09. The summed E-state index contributed by atoms with van der Waals surface area (Å²) < 4.78 is 5.71. The van der Waals surface area contributed by atoms with E-state index in [0.29, 0.717) is 23.1 Å². The number of aliphatic imine (C=N–C) groups is 1. The Hall–Kier alpha value is -2.80. The number of anilines is 1. The van der Waals surface area contributed by atoms with Crippen molar-refractivity contribution in [3.63, 3.8) is 0 Å². The van der Waals surface area contributed by atoms with E-state index in [1.54, 1.807) is 24.3 Å². The molecule has 0 aromatic heterocycles. The van der Waals surface area contributed by atoms with Gasteiger partial charge in [-0.2, -0.15) is 0 Å². The highest BCUT2D eigenvalue weighted by molar-refractivity contribution is 8.15. The van der Waals surface area contributed by atoms with E-state index >= 15 is 0 Å². The highest BCUT2D eigenvalue weighted by Gasteiger charge is 2.31. The first-order valence-corrected chi connectivity index (χ1v) is 9.17. The Morgan fingerprint density at radius 2 is 1.85 bits per heavy atom. The molecule has 2 aromatic carbocycles. The molecule has 1 atom stereocenters. The van der Waals surface area contributed by atoms with Crippen molar-refractivity contribution < 1.29 is 14.3 Å². The van der Waals surface area contributed by atoms with Crippen molar-refractivity contribution in [1.29, 1.82) is 0 Å². The fraction of sp³-hybridized carbons (Fsp3) is 0.211. The summed E-state index contributed by atoms with van der Waals surface area (Å²) in [4.78, 5) is 28.2. The second-order valence-corrected chi connectivity index (χ2v) is 6.76. The fourth-order valence-corrected chi connectivity index (χ4v) is 3.40. The van der Waals surface area contributed by atoms with E-state index in [9.17, 15) is 9.59 Å². The molecule has 7 heteroatoms. The quantitative estimate of drug-likeness (QED) is 0.818. The number of nitrogens with zero attached hydrogens (tertiary/aromatic N) is 1. The number of hydrogen-bond donors (Lipinski definition) is 2. The van der Waals surface area contributed by atoms with Gasteiger partial charge in [-0.3, -0.25) is 14.6 Å². The van der Waals surface area contributed by atoms with Gasteiger partial charge in [0.25, 0.3) is 0 Å². The Labute approximate surface area is 156 Å². The zero-order valence-corrected chi connectivity index (χ0v) is 15.1. The van der Waals surface area contributed by atoms with Gasteiger partial charge in [0.1, 0.15) is 16.7 Å². The molecule has 1 fully saturated rings. The topological polar surface area (TPSA) is 79.8 Å². The molecule has 0 radical (unpaired) electrons. The minimum atomic E-state index is -0.444. The van der Waals surface area contributed by atoms with Crippen LogP contribution in [0.3, 0.4) is 0 Å². The molecule has 3 rings (SSSR count). The molecule has 2 amide bonds. The molecular formula is C19H19N3O3S. The lowest BCUT2D eigenvalue weighted by Crippen LogP contribution is -2.28. The SMILES string of the molecule is CCN=C1NC(=O)[C@H](CC(=O)Nc2ccc(Oc3ccccc3)cc2)S1. The highest BCUT2D eigenvalue weighted by Crippen LogP contribution is 2.25. The number of benzene rings is 2. The maximum atomic E-state index is 12.2. The molecule has 26 heavy (non-hydrogen) atoms. The molecule has 0 spiro atoms. The van der Waals surface area contributed by atoms with Crippen LogP contribution in [0.5, 0.6) is 11.5 Å². The summed E-state index contributed by atoms with van der Waals surface area (Å²) in [6.07, 6.45) is 0.0987. The van der Waals surface area contributed by atoms with E-state index in [4.69, 9.17) is 4.74 Å². The van der Waals surface area contributed by atoms with Crippen LogP contribution in [0.1, 0.15) is 13.3 Å². The first kappa shape index (κ1) is 18.0. The van der Waals surface area contributed by atoms with Crippen molar-refractivity contribution in [3.05, 3.63) is 54.6 Å². The van der Waals surface area contributed by atoms with Crippen molar-refractivity contribution in [3.8, 4) is 11.5 Å². The summed E-state index contributed by atoms with van der Waals surface area (Å²) >= 11 is 1.29. The summed E-state index contributed by atoms with van der Waals surface area (Å²) in [5.74, 6) is 1.04. The zero-order valence-electron chi connectivity index (χ0n) is 14.3. The molecule has 0 unspecified atom stereocenters. The van der Waals surface area contributed by atoms with Crippen LogP contribution in [-0.2, 0) is 9.59 Å². The Balaban J connectivity index is 1.53. The van der Waals surface area contributed by atoms with Gasteiger partial charge in [0, 0.05) is 18.7 Å². The Morgan fingerprint density at radius 1 is 1.15 bits per heavy atom. The minimum Gasteiger partial charge on any atom is -0.457 e. The van der Waals surface area contributed by atoms with E-state index in [1.165, 1.54) is 11.8 Å². The average molecular weight is 369 g/mol. The number of para-hydroxylation sites is 1. The largest absolute Gasteiger partial charge is 0.457 e. The average Bonchev–Trinajstić information content (AvgIpc) is 2.97. The number of carbonyl (C=O) groups excluding carboxylic acids is 2. The smallest absolute Gasteiger partial charge is 0.240 e. The van der Waals surface area contributed by atoms with E-state index in [2.05, 4.69) is 15.6 Å². The predicted octanol–water partition coefficient (Wildman–Crippen LogP) is 3.42. The van der Waals surface area contributed by atoms with Crippen LogP contribution < -0.4 is 15.4 Å². The Bertz CT molecular complexity index is 807. The molecule has 0 aliphatic carbocycles. The zero-order chi connectivity index (χ0) is 18.4. The van der Waals surface area contributed by atoms with Crippen LogP contribution in [0.4, 0.5) is 5.69 Å². The van der Waals surface area contributed by atoms with Gasteiger partial charge >= 0.3 is 0 Å². The van der Waals surface area contributed by atoms with Crippen LogP contribution in [0.2, 0.25) is 0 Å². The van der Waals surface area contributed by atoms with E-state index in [0.717, 1.165) is 5.75 Å². The van der Waals surface area contributed by atoms with Gasteiger partial charge in [0.15, 0.2) is 5.17 Å². The molecule has 0 saturated carbocycles. The summed E-state index contributed by atoms with van der Waals surface area (Å²) in [6.45, 7) is 2.49. The molecule has 2 N–H and O–H groups in total. The second-order valence-electron chi connectivity index (χ2n) is 5.57. The van der Waals surface area contributed by atoms with Crippen LogP contribution in [0, 0.1) is 0 Å². The van der Waals surface area contributed by atoms with Gasteiger partial charge < -0.3 is 15.4 Å². The van der Waals surface area contributed by atoms with Crippen molar-refractivity contribution in [2.24, 2.45) is 4.99 Å². The Kier molecular flexibility index (Phi) is 5.91. The molecule has 2 aromatic rings. The Morgan fingerprint density at radius 3 is 2.54 bits per heavy atom. The number of hydrogen-bond acceptors (Lipinski definition) is 5. The number of nitrogens with one attached hydrogen (secondary N) is 2. The van der Waals surface area contributed by atoms with Gasteiger partial charge in [0.05, 0.1) is 0 Å². The minimum absolute atomic E-state index is 0.0987. The van der Waals surface area contributed by atoms with Gasteiger partial charge in [0.2, 0.25) is 11.8 Å². The van der Waals surface area contributed by atoms with E-state index in [-0.39, 0.29) is 18.2 Å². The molecule has 1 aliphatic rings. The van der Waals surface area contributed by atoms with Crippen molar-refractivity contribution in [2.45, 2.75) is 18.6 Å². The second kappa shape index (κ2) is 8.53. The number of rotatable bonds is 6. The van der Waals surface area contributed by atoms with Crippen LogP contribution in [-0.4, -0.2) is 28.8 Å². The fourth-order valence-electron chi connectivity index (χ4n) is 2.37. The molecule has 6 nitrogen and oxygen atoms in total. The van der Waals surface area contributed by atoms with E-state index < -0.39 is 5.25 Å². The maximum absolute atomic E-state index is 12.2. The van der Waals surface area contributed by atoms with Crippen molar-refractivity contribution in [1.82, 2.24) is 5.32 Å². The number of amides is 2. The third-order valence-electron chi connectivity index (χ3n) is 3.57. The number of ether oxygens (including phenoxy) is 1. The summed E-state index contributed by atoms with van der Waals surface area (Å²) in [5.41, 5.74) is 0.654. The molecular weight excluding hydrogens is 350 g/mol. The molecule has 1 aliphatic heterocycles. The summed E-state index contributed by atoms with van der Waals surface area (Å²) in [7, 11) is 0. The number of thioether (sulfide) groups is 1. The number of carbonyl (C=O) groups is 2. The van der Waals surface area contributed by atoms with Crippen molar-refractivity contribution >= 4 is 34.4 Å². The lowest BCUT2D eigenvalue weighted by atomic mass is 10.2. The first-order chi connectivity index (χ1) is 12.6.